The fourth-order valence-corrected chi connectivity index (χ4v) is 3.30. The minimum Gasteiger partial charge on any atom is -0.493 e. The van der Waals surface area contributed by atoms with Gasteiger partial charge in [-0.3, -0.25) is 4.79 Å². The van der Waals surface area contributed by atoms with Gasteiger partial charge in [0.25, 0.3) is 0 Å². The number of hydrogen-bond acceptors (Lipinski definition) is 4. The number of carbonyl (C=O) groups excluding carboxylic acids is 2. The summed E-state index contributed by atoms with van der Waals surface area (Å²) in [5.41, 5.74) is 1.73. The zero-order valence-electron chi connectivity index (χ0n) is 16.3. The Bertz CT molecular complexity index is 841. The second-order valence-electron chi connectivity index (χ2n) is 6.69. The number of hydrogen-bond donors (Lipinski definition) is 2. The number of urea groups is 1. The Balaban J connectivity index is 1.60. The SMILES string of the molecule is COc1ccc(N2C[C@@H](NC(=O)N[C@@H](C)c3ccccc3)CC2=O)cc1OC. The summed E-state index contributed by atoms with van der Waals surface area (Å²) in [7, 11) is 3.11. The van der Waals surface area contributed by atoms with Gasteiger partial charge in [-0.2, -0.15) is 0 Å². The third-order valence-electron chi connectivity index (χ3n) is 4.79. The minimum atomic E-state index is -0.289. The van der Waals surface area contributed by atoms with E-state index in [0.29, 0.717) is 23.7 Å². The van der Waals surface area contributed by atoms with Crippen molar-refractivity contribution < 1.29 is 19.1 Å². The van der Waals surface area contributed by atoms with Gasteiger partial charge in [-0.05, 0) is 24.6 Å². The van der Waals surface area contributed by atoms with E-state index < -0.39 is 0 Å². The summed E-state index contributed by atoms with van der Waals surface area (Å²) in [4.78, 5) is 26.4. The van der Waals surface area contributed by atoms with Crippen LogP contribution in [0, 0.1) is 0 Å². The third kappa shape index (κ3) is 4.36. The number of rotatable bonds is 6. The molecule has 3 rings (SSSR count). The molecule has 1 saturated heterocycles. The van der Waals surface area contributed by atoms with Crippen LogP contribution in [0.25, 0.3) is 0 Å². The number of methoxy groups -OCH3 is 2. The first-order valence-corrected chi connectivity index (χ1v) is 9.16. The summed E-state index contributed by atoms with van der Waals surface area (Å²) in [5.74, 6) is 1.11. The monoisotopic (exact) mass is 383 g/mol. The summed E-state index contributed by atoms with van der Waals surface area (Å²) >= 11 is 0. The van der Waals surface area contributed by atoms with Crippen molar-refractivity contribution in [2.24, 2.45) is 0 Å². The third-order valence-corrected chi connectivity index (χ3v) is 4.79. The highest BCUT2D eigenvalue weighted by atomic mass is 16.5. The van der Waals surface area contributed by atoms with Crippen molar-refractivity contribution in [1.29, 1.82) is 0 Å². The topological polar surface area (TPSA) is 79.9 Å². The first-order valence-electron chi connectivity index (χ1n) is 9.16. The van der Waals surface area contributed by atoms with E-state index in [9.17, 15) is 9.59 Å². The van der Waals surface area contributed by atoms with Crippen molar-refractivity contribution >= 4 is 17.6 Å². The molecular weight excluding hydrogens is 358 g/mol. The van der Waals surface area contributed by atoms with Crippen LogP contribution in [0.15, 0.2) is 48.5 Å². The van der Waals surface area contributed by atoms with E-state index in [1.54, 1.807) is 37.3 Å². The van der Waals surface area contributed by atoms with Crippen molar-refractivity contribution in [3.8, 4) is 11.5 Å². The Morgan fingerprint density at radius 3 is 2.50 bits per heavy atom. The van der Waals surface area contributed by atoms with Crippen LogP contribution >= 0.6 is 0 Å². The van der Waals surface area contributed by atoms with Gasteiger partial charge in [-0.15, -0.1) is 0 Å². The molecule has 0 radical (unpaired) electrons. The first-order chi connectivity index (χ1) is 13.5. The smallest absolute Gasteiger partial charge is 0.315 e. The predicted molar refractivity (Wildman–Crippen MR) is 107 cm³/mol. The summed E-state index contributed by atoms with van der Waals surface area (Å²) in [6, 6.07) is 14.4. The first kappa shape index (κ1) is 19.5. The van der Waals surface area contributed by atoms with Gasteiger partial charge in [0, 0.05) is 24.7 Å². The number of nitrogens with one attached hydrogen (secondary N) is 2. The molecule has 2 aromatic carbocycles. The fourth-order valence-electron chi connectivity index (χ4n) is 3.30. The van der Waals surface area contributed by atoms with E-state index in [1.807, 2.05) is 37.3 Å². The molecule has 1 aliphatic rings. The molecule has 148 valence electrons. The largest absolute Gasteiger partial charge is 0.493 e. The molecule has 1 heterocycles. The lowest BCUT2D eigenvalue weighted by atomic mass is 10.1. The Labute approximate surface area is 164 Å². The van der Waals surface area contributed by atoms with Gasteiger partial charge in [0.1, 0.15) is 0 Å². The lowest BCUT2D eigenvalue weighted by molar-refractivity contribution is -0.117. The Kier molecular flexibility index (Phi) is 6.03. The van der Waals surface area contributed by atoms with Crippen LogP contribution in [-0.4, -0.2) is 38.7 Å². The standard InChI is InChI=1S/C21H25N3O4/c1-14(15-7-5-4-6-8-15)22-21(26)23-16-11-20(25)24(13-16)17-9-10-18(27-2)19(12-17)28-3/h4-10,12,14,16H,11,13H2,1-3H3,(H2,22,23,26)/t14-,16-/m0/s1. The molecule has 1 aliphatic heterocycles. The number of carbonyl (C=O) groups is 2. The summed E-state index contributed by atoms with van der Waals surface area (Å²) in [6.45, 7) is 2.33. The molecule has 2 N–H and O–H groups in total. The van der Waals surface area contributed by atoms with Crippen LogP contribution in [0.5, 0.6) is 11.5 Å². The van der Waals surface area contributed by atoms with Gasteiger partial charge in [0.2, 0.25) is 5.91 Å². The second-order valence-corrected chi connectivity index (χ2v) is 6.69. The zero-order valence-corrected chi connectivity index (χ0v) is 16.3. The van der Waals surface area contributed by atoms with Crippen molar-refractivity contribution in [2.45, 2.75) is 25.4 Å². The highest BCUT2D eigenvalue weighted by Gasteiger charge is 2.32. The highest BCUT2D eigenvalue weighted by molar-refractivity contribution is 5.97. The molecular formula is C21H25N3O4. The summed E-state index contributed by atoms with van der Waals surface area (Å²) < 4.78 is 10.5. The van der Waals surface area contributed by atoms with Crippen LogP contribution in [0.1, 0.15) is 24.9 Å². The molecule has 3 amide bonds. The second kappa shape index (κ2) is 8.65. The molecule has 0 saturated carbocycles. The Hall–Kier alpha value is -3.22. The molecule has 7 heteroatoms. The van der Waals surface area contributed by atoms with Gasteiger partial charge in [0.15, 0.2) is 11.5 Å². The average Bonchev–Trinajstić information content (AvgIpc) is 3.07. The molecule has 2 atom stereocenters. The maximum Gasteiger partial charge on any atom is 0.315 e. The van der Waals surface area contributed by atoms with Crippen molar-refractivity contribution in [3.05, 3.63) is 54.1 Å². The van der Waals surface area contributed by atoms with E-state index in [0.717, 1.165) is 5.56 Å². The minimum absolute atomic E-state index is 0.0476. The molecule has 1 fully saturated rings. The molecule has 0 spiro atoms. The van der Waals surface area contributed by atoms with E-state index in [1.165, 1.54) is 0 Å². The zero-order chi connectivity index (χ0) is 20.1. The maximum absolute atomic E-state index is 12.4. The van der Waals surface area contributed by atoms with E-state index in [2.05, 4.69) is 10.6 Å². The van der Waals surface area contributed by atoms with Gasteiger partial charge in [-0.1, -0.05) is 30.3 Å². The van der Waals surface area contributed by atoms with Crippen LogP contribution < -0.4 is 25.0 Å². The normalized spacial score (nSPS) is 17.2. The van der Waals surface area contributed by atoms with E-state index >= 15 is 0 Å². The highest BCUT2D eigenvalue weighted by Crippen LogP contribution is 2.33. The maximum atomic E-state index is 12.4. The van der Waals surface area contributed by atoms with E-state index in [-0.39, 0.29) is 30.4 Å². The lowest BCUT2D eigenvalue weighted by Gasteiger charge is -2.20. The Morgan fingerprint density at radius 2 is 1.82 bits per heavy atom. The quantitative estimate of drug-likeness (QED) is 0.804. The van der Waals surface area contributed by atoms with Crippen molar-refractivity contribution in [1.82, 2.24) is 10.6 Å². The van der Waals surface area contributed by atoms with Crippen LogP contribution in [0.4, 0.5) is 10.5 Å². The number of anilines is 1. The molecule has 28 heavy (non-hydrogen) atoms. The molecule has 0 unspecified atom stereocenters. The predicted octanol–water partition coefficient (Wildman–Crippen LogP) is 2.87. The van der Waals surface area contributed by atoms with E-state index in [4.69, 9.17) is 9.47 Å². The number of benzene rings is 2. The lowest BCUT2D eigenvalue weighted by Crippen LogP contribution is -2.44. The van der Waals surface area contributed by atoms with Gasteiger partial charge in [-0.25, -0.2) is 4.79 Å². The van der Waals surface area contributed by atoms with Gasteiger partial charge < -0.3 is 25.0 Å². The molecule has 7 nitrogen and oxygen atoms in total. The van der Waals surface area contributed by atoms with Crippen molar-refractivity contribution in [3.63, 3.8) is 0 Å². The molecule has 0 aliphatic carbocycles. The van der Waals surface area contributed by atoms with Crippen LogP contribution in [0.3, 0.4) is 0 Å². The van der Waals surface area contributed by atoms with Crippen LogP contribution in [0.2, 0.25) is 0 Å². The van der Waals surface area contributed by atoms with Gasteiger partial charge >= 0.3 is 6.03 Å². The number of nitrogens with zero attached hydrogens (tertiary/aromatic N) is 1. The summed E-state index contributed by atoms with van der Waals surface area (Å²) in [5, 5.41) is 5.80. The Morgan fingerprint density at radius 1 is 1.11 bits per heavy atom. The number of ether oxygens (including phenoxy) is 2. The summed E-state index contributed by atoms with van der Waals surface area (Å²) in [6.07, 6.45) is 0.251. The van der Waals surface area contributed by atoms with Crippen LogP contribution in [-0.2, 0) is 4.79 Å². The average molecular weight is 383 g/mol. The van der Waals surface area contributed by atoms with Gasteiger partial charge in [0.05, 0.1) is 26.3 Å². The molecule has 0 aromatic heterocycles. The number of amides is 3. The van der Waals surface area contributed by atoms with Crippen molar-refractivity contribution in [2.75, 3.05) is 25.7 Å². The molecule has 2 aromatic rings. The molecule has 0 bridgehead atoms. The fraction of sp³-hybridized carbons (Fsp3) is 0.333.